The summed E-state index contributed by atoms with van der Waals surface area (Å²) in [6.07, 6.45) is 1.12. The predicted molar refractivity (Wildman–Crippen MR) is 72.3 cm³/mol. The zero-order chi connectivity index (χ0) is 12.3. The van der Waals surface area contributed by atoms with Crippen LogP contribution in [0.1, 0.15) is 22.3 Å². The second-order valence-corrected chi connectivity index (χ2v) is 5.50. The van der Waals surface area contributed by atoms with Gasteiger partial charge >= 0.3 is 5.97 Å². The van der Waals surface area contributed by atoms with E-state index in [0.29, 0.717) is 5.56 Å². The molecule has 1 saturated heterocycles. The van der Waals surface area contributed by atoms with E-state index in [4.69, 9.17) is 0 Å². The number of anilines is 1. The van der Waals surface area contributed by atoms with E-state index in [1.165, 1.54) is 5.75 Å². The Bertz CT molecular complexity index is 412. The van der Waals surface area contributed by atoms with Gasteiger partial charge in [-0.3, -0.25) is 0 Å². The highest BCUT2D eigenvalue weighted by molar-refractivity contribution is 7.99. The minimum atomic E-state index is -0.836. The van der Waals surface area contributed by atoms with Gasteiger partial charge in [0.1, 0.15) is 0 Å². The lowest BCUT2D eigenvalue weighted by Crippen LogP contribution is -2.27. The molecule has 1 aliphatic heterocycles. The lowest BCUT2D eigenvalue weighted by atomic mass is 10.1. The van der Waals surface area contributed by atoms with Crippen molar-refractivity contribution in [1.29, 1.82) is 0 Å². The minimum absolute atomic E-state index is 0.419. The van der Waals surface area contributed by atoms with Gasteiger partial charge in [-0.2, -0.15) is 11.8 Å². The number of thioether (sulfide) groups is 1. The van der Waals surface area contributed by atoms with Gasteiger partial charge in [-0.05, 0) is 36.8 Å². The highest BCUT2D eigenvalue weighted by Crippen LogP contribution is 2.25. The van der Waals surface area contributed by atoms with Crippen LogP contribution in [0, 0.1) is 6.92 Å². The van der Waals surface area contributed by atoms with Crippen LogP contribution in [0.5, 0.6) is 0 Å². The van der Waals surface area contributed by atoms with Crippen molar-refractivity contribution in [2.75, 3.05) is 29.5 Å². The van der Waals surface area contributed by atoms with Gasteiger partial charge in [0.15, 0.2) is 0 Å². The minimum Gasteiger partial charge on any atom is -0.478 e. The molecule has 1 aromatic carbocycles. The van der Waals surface area contributed by atoms with Gasteiger partial charge in [-0.15, -0.1) is 0 Å². The van der Waals surface area contributed by atoms with Crippen molar-refractivity contribution in [3.05, 3.63) is 29.3 Å². The van der Waals surface area contributed by atoms with Gasteiger partial charge in [0, 0.05) is 18.8 Å². The van der Waals surface area contributed by atoms with Crippen molar-refractivity contribution in [3.63, 3.8) is 0 Å². The summed E-state index contributed by atoms with van der Waals surface area (Å²) in [5.41, 5.74) is 2.41. The standard InChI is InChI=1S/C13H17NO2S/c1-10-3-4-11(13(15)16)12(9-10)14-5-2-7-17-8-6-14/h3-4,9H,2,5-8H2,1H3,(H,15,16). The van der Waals surface area contributed by atoms with Crippen LogP contribution >= 0.6 is 11.8 Å². The zero-order valence-electron chi connectivity index (χ0n) is 9.98. The molecule has 1 aromatic rings. The number of hydrogen-bond donors (Lipinski definition) is 1. The van der Waals surface area contributed by atoms with Crippen LogP contribution in [0.25, 0.3) is 0 Å². The molecule has 0 aliphatic carbocycles. The number of carboxylic acids is 1. The van der Waals surface area contributed by atoms with Crippen molar-refractivity contribution in [1.82, 2.24) is 0 Å². The van der Waals surface area contributed by atoms with Crippen LogP contribution in [0.4, 0.5) is 5.69 Å². The molecule has 1 fully saturated rings. The Hall–Kier alpha value is -1.16. The summed E-state index contributed by atoms with van der Waals surface area (Å²) in [7, 11) is 0. The van der Waals surface area contributed by atoms with Crippen LogP contribution in [-0.2, 0) is 0 Å². The van der Waals surface area contributed by atoms with Gasteiger partial charge in [0.05, 0.1) is 11.3 Å². The summed E-state index contributed by atoms with van der Waals surface area (Å²) in [5, 5.41) is 9.23. The SMILES string of the molecule is Cc1ccc(C(=O)O)c(N2CCCSCC2)c1. The lowest BCUT2D eigenvalue weighted by Gasteiger charge is -2.24. The first-order valence-corrected chi connectivity index (χ1v) is 7.00. The number of aromatic carboxylic acids is 1. The first-order valence-electron chi connectivity index (χ1n) is 5.85. The van der Waals surface area contributed by atoms with E-state index >= 15 is 0 Å². The molecular formula is C13H17NO2S. The summed E-state index contributed by atoms with van der Waals surface area (Å²) < 4.78 is 0. The second kappa shape index (κ2) is 5.45. The van der Waals surface area contributed by atoms with Crippen molar-refractivity contribution in [3.8, 4) is 0 Å². The predicted octanol–water partition coefficient (Wildman–Crippen LogP) is 2.64. The van der Waals surface area contributed by atoms with Crippen LogP contribution in [0.15, 0.2) is 18.2 Å². The Morgan fingerprint density at radius 2 is 2.18 bits per heavy atom. The molecule has 0 radical (unpaired) electrons. The van der Waals surface area contributed by atoms with Crippen LogP contribution in [0.2, 0.25) is 0 Å². The lowest BCUT2D eigenvalue weighted by molar-refractivity contribution is 0.0697. The molecule has 1 N–H and O–H groups in total. The third kappa shape index (κ3) is 2.94. The Labute approximate surface area is 106 Å². The number of carboxylic acid groups (broad SMARTS) is 1. The Morgan fingerprint density at radius 3 is 2.94 bits per heavy atom. The quantitative estimate of drug-likeness (QED) is 0.877. The molecule has 2 rings (SSSR count). The third-order valence-electron chi connectivity index (χ3n) is 2.95. The first kappa shape index (κ1) is 12.3. The summed E-state index contributed by atoms with van der Waals surface area (Å²) in [4.78, 5) is 13.4. The fraction of sp³-hybridized carbons (Fsp3) is 0.462. The monoisotopic (exact) mass is 251 g/mol. The number of benzene rings is 1. The fourth-order valence-corrected chi connectivity index (χ4v) is 2.96. The Balaban J connectivity index is 2.34. The maximum atomic E-state index is 11.2. The van der Waals surface area contributed by atoms with Crippen molar-refractivity contribution in [2.45, 2.75) is 13.3 Å². The van der Waals surface area contributed by atoms with Gasteiger partial charge < -0.3 is 10.0 Å². The number of rotatable bonds is 2. The highest BCUT2D eigenvalue weighted by Gasteiger charge is 2.17. The molecule has 0 bridgehead atoms. The number of nitrogens with zero attached hydrogens (tertiary/aromatic N) is 1. The Morgan fingerprint density at radius 1 is 1.35 bits per heavy atom. The summed E-state index contributed by atoms with van der Waals surface area (Å²) >= 11 is 1.94. The molecule has 92 valence electrons. The molecule has 0 spiro atoms. The van der Waals surface area contributed by atoms with E-state index < -0.39 is 5.97 Å². The summed E-state index contributed by atoms with van der Waals surface area (Å²) in [5.74, 6) is 1.41. The maximum Gasteiger partial charge on any atom is 0.337 e. The second-order valence-electron chi connectivity index (χ2n) is 4.28. The largest absolute Gasteiger partial charge is 0.478 e. The van der Waals surface area contributed by atoms with Crippen molar-refractivity contribution >= 4 is 23.4 Å². The number of hydrogen-bond acceptors (Lipinski definition) is 3. The number of aryl methyl sites for hydroxylation is 1. The zero-order valence-corrected chi connectivity index (χ0v) is 10.8. The van der Waals surface area contributed by atoms with Gasteiger partial charge in [0.2, 0.25) is 0 Å². The third-order valence-corrected chi connectivity index (χ3v) is 4.00. The van der Waals surface area contributed by atoms with Gasteiger partial charge in [-0.25, -0.2) is 4.79 Å². The molecule has 1 aliphatic rings. The molecule has 17 heavy (non-hydrogen) atoms. The summed E-state index contributed by atoms with van der Waals surface area (Å²) in [6, 6.07) is 5.56. The van der Waals surface area contributed by atoms with E-state index in [0.717, 1.165) is 36.5 Å². The van der Waals surface area contributed by atoms with Crippen LogP contribution in [-0.4, -0.2) is 35.7 Å². The molecule has 0 saturated carbocycles. The topological polar surface area (TPSA) is 40.5 Å². The maximum absolute atomic E-state index is 11.2. The molecule has 4 heteroatoms. The van der Waals surface area contributed by atoms with E-state index in [-0.39, 0.29) is 0 Å². The summed E-state index contributed by atoms with van der Waals surface area (Å²) in [6.45, 7) is 3.90. The van der Waals surface area contributed by atoms with E-state index in [1.54, 1.807) is 6.07 Å². The van der Waals surface area contributed by atoms with E-state index in [9.17, 15) is 9.90 Å². The highest BCUT2D eigenvalue weighted by atomic mass is 32.2. The molecule has 0 unspecified atom stereocenters. The molecular weight excluding hydrogens is 234 g/mol. The first-order chi connectivity index (χ1) is 8.18. The molecule has 0 amide bonds. The molecule has 0 atom stereocenters. The Kier molecular flexibility index (Phi) is 3.94. The van der Waals surface area contributed by atoms with Crippen LogP contribution < -0.4 is 4.90 Å². The fourth-order valence-electron chi connectivity index (χ4n) is 2.07. The average molecular weight is 251 g/mol. The van der Waals surface area contributed by atoms with E-state index in [2.05, 4.69) is 4.90 Å². The van der Waals surface area contributed by atoms with Gasteiger partial charge in [-0.1, -0.05) is 6.07 Å². The van der Waals surface area contributed by atoms with Crippen LogP contribution in [0.3, 0.4) is 0 Å². The molecule has 0 aromatic heterocycles. The van der Waals surface area contributed by atoms with Gasteiger partial charge in [0.25, 0.3) is 0 Å². The van der Waals surface area contributed by atoms with Crippen molar-refractivity contribution < 1.29 is 9.90 Å². The average Bonchev–Trinajstić information content (AvgIpc) is 2.56. The normalized spacial score (nSPS) is 16.6. The number of carbonyl (C=O) groups is 1. The molecule has 3 nitrogen and oxygen atoms in total. The van der Waals surface area contributed by atoms with E-state index in [1.807, 2.05) is 30.8 Å². The smallest absolute Gasteiger partial charge is 0.337 e. The van der Waals surface area contributed by atoms with Crippen molar-refractivity contribution in [2.24, 2.45) is 0 Å². The molecule has 1 heterocycles.